The average Bonchev–Trinajstić information content (AvgIpc) is 3.74. The number of nitrogens with one attached hydrogen (secondary N) is 2. The predicted octanol–water partition coefficient (Wildman–Crippen LogP) is 12.5. The number of hydrogen-bond acceptors (Lipinski definition) is 6. The number of hydrogen-bond donors (Lipinski definition) is 2. The number of aliphatic imine (C=N–C) groups is 2. The van der Waals surface area contributed by atoms with Gasteiger partial charge in [-0.2, -0.15) is 0 Å². The van der Waals surface area contributed by atoms with Crippen LogP contribution in [0.2, 0.25) is 0 Å². The van der Waals surface area contributed by atoms with E-state index in [9.17, 15) is 0 Å². The van der Waals surface area contributed by atoms with E-state index in [4.69, 9.17) is 9.98 Å². The molecular weight excluding hydrogens is 721 g/mol. The summed E-state index contributed by atoms with van der Waals surface area (Å²) in [6.07, 6.45) is 3.14. The van der Waals surface area contributed by atoms with E-state index in [0.717, 1.165) is 50.6 Å². The first-order valence-electron chi connectivity index (χ1n) is 20.0. The van der Waals surface area contributed by atoms with Crippen LogP contribution < -0.4 is 15.5 Å². The molecule has 0 saturated heterocycles. The number of rotatable bonds is 7. The molecule has 59 heavy (non-hydrogen) atoms. The highest BCUT2D eigenvalue weighted by Crippen LogP contribution is 2.53. The highest BCUT2D eigenvalue weighted by molar-refractivity contribution is 6.22. The minimum atomic E-state index is -0.332. The van der Waals surface area contributed by atoms with Crippen LogP contribution in [0.1, 0.15) is 34.6 Å². The van der Waals surface area contributed by atoms with E-state index in [1.165, 1.54) is 38.4 Å². The van der Waals surface area contributed by atoms with Gasteiger partial charge < -0.3 is 15.5 Å². The van der Waals surface area contributed by atoms with Crippen molar-refractivity contribution >= 4 is 50.3 Å². The maximum atomic E-state index is 5.11. The Balaban J connectivity index is 0.946. The lowest BCUT2D eigenvalue weighted by atomic mass is 9.97. The van der Waals surface area contributed by atoms with Crippen LogP contribution in [0.15, 0.2) is 217 Å². The van der Waals surface area contributed by atoms with E-state index in [2.05, 4.69) is 196 Å². The minimum absolute atomic E-state index is 0.0896. The summed E-state index contributed by atoms with van der Waals surface area (Å²) in [6, 6.07) is 68.8. The van der Waals surface area contributed by atoms with Gasteiger partial charge in [0.15, 0.2) is 5.84 Å². The van der Waals surface area contributed by atoms with E-state index in [-0.39, 0.29) is 12.3 Å². The van der Waals surface area contributed by atoms with Crippen LogP contribution in [0, 0.1) is 0 Å². The van der Waals surface area contributed by atoms with Crippen molar-refractivity contribution < 1.29 is 0 Å². The minimum Gasteiger partial charge on any atom is -0.359 e. The quantitative estimate of drug-likeness (QED) is 0.159. The van der Waals surface area contributed by atoms with Crippen LogP contribution in [0.4, 0.5) is 17.1 Å². The van der Waals surface area contributed by atoms with Crippen molar-refractivity contribution in [3.05, 3.63) is 229 Å². The molecule has 0 spiro atoms. The lowest BCUT2D eigenvalue weighted by Gasteiger charge is -2.28. The van der Waals surface area contributed by atoms with Crippen molar-refractivity contribution in [3.63, 3.8) is 0 Å². The average molecular weight is 759 g/mol. The Morgan fingerprint density at radius 1 is 0.424 bits per heavy atom. The molecule has 8 aromatic carbocycles. The fourth-order valence-electron chi connectivity index (χ4n) is 8.54. The van der Waals surface area contributed by atoms with E-state index >= 15 is 0 Å². The Labute approximate surface area is 342 Å². The highest BCUT2D eigenvalue weighted by Gasteiger charge is 2.34. The zero-order valence-electron chi connectivity index (χ0n) is 32.1. The monoisotopic (exact) mass is 758 g/mol. The summed E-state index contributed by atoms with van der Waals surface area (Å²) in [6.45, 7) is 0. The highest BCUT2D eigenvalue weighted by atomic mass is 15.3. The Bertz CT molecular complexity index is 3030. The van der Waals surface area contributed by atoms with E-state index < -0.39 is 0 Å². The van der Waals surface area contributed by atoms with Gasteiger partial charge in [-0.1, -0.05) is 170 Å². The molecule has 9 aromatic rings. The first kappa shape index (κ1) is 34.4. The van der Waals surface area contributed by atoms with Gasteiger partial charge in [0.05, 0.1) is 11.4 Å². The summed E-state index contributed by atoms with van der Waals surface area (Å²) >= 11 is 0. The van der Waals surface area contributed by atoms with Gasteiger partial charge in [0, 0.05) is 40.0 Å². The van der Waals surface area contributed by atoms with E-state index in [1.807, 2.05) is 18.2 Å². The molecule has 2 unspecified atom stereocenters. The lowest BCUT2D eigenvalue weighted by Crippen LogP contribution is -2.33. The van der Waals surface area contributed by atoms with Gasteiger partial charge in [0.1, 0.15) is 18.2 Å². The summed E-state index contributed by atoms with van der Waals surface area (Å²) in [5, 5.41) is 12.6. The standard InChI is InChI=1S/C53H38N6/c1-3-12-35(13-4-1)36-22-26-38(27-23-36)50-56-51(58-52(57-50)40-30-32-54-33-31-40)39-28-24-37(25-29-39)42-16-11-17-43(34-42)59-49-47-21-10-8-19-45(47)44-18-7-9-20-46(44)48(49)55-53(59)41-14-5-2-6-15-41/h1-34,51,53,55H,(H,56,57,58). The van der Waals surface area contributed by atoms with E-state index in [0.29, 0.717) is 5.84 Å². The maximum Gasteiger partial charge on any atom is 0.159 e. The summed E-state index contributed by atoms with van der Waals surface area (Å²) in [5.41, 5.74) is 12.2. The molecule has 1 aromatic heterocycles. The lowest BCUT2D eigenvalue weighted by molar-refractivity contribution is 0.674. The number of amidine groups is 2. The van der Waals surface area contributed by atoms with Gasteiger partial charge in [-0.25, -0.2) is 9.98 Å². The van der Waals surface area contributed by atoms with Gasteiger partial charge in [-0.3, -0.25) is 4.98 Å². The summed E-state index contributed by atoms with van der Waals surface area (Å²) in [7, 11) is 0. The normalized spacial score (nSPS) is 15.9. The van der Waals surface area contributed by atoms with Crippen molar-refractivity contribution in [1.82, 2.24) is 10.3 Å². The molecule has 2 aliphatic rings. The van der Waals surface area contributed by atoms with Crippen molar-refractivity contribution in [2.75, 3.05) is 10.2 Å². The molecule has 6 heteroatoms. The van der Waals surface area contributed by atoms with Crippen LogP contribution in [-0.4, -0.2) is 16.7 Å². The predicted molar refractivity (Wildman–Crippen MR) is 243 cm³/mol. The van der Waals surface area contributed by atoms with Crippen LogP contribution >= 0.6 is 0 Å². The van der Waals surface area contributed by atoms with Crippen LogP contribution in [0.3, 0.4) is 0 Å². The number of aromatic nitrogens is 1. The SMILES string of the molecule is c1ccc(-c2ccc(C3=NC(c4ccncc4)=NC(c4ccc(-c5cccc(N6c7c(c8ccccc8c8ccccc78)NC6c6ccccc6)c5)cc4)N3)cc2)cc1. The van der Waals surface area contributed by atoms with Crippen molar-refractivity contribution in [1.29, 1.82) is 0 Å². The molecule has 2 aliphatic heterocycles. The van der Waals surface area contributed by atoms with Crippen molar-refractivity contribution in [2.24, 2.45) is 9.98 Å². The number of pyridine rings is 1. The number of anilines is 3. The Kier molecular flexibility index (Phi) is 8.51. The van der Waals surface area contributed by atoms with Crippen molar-refractivity contribution in [2.45, 2.75) is 12.3 Å². The molecule has 6 nitrogen and oxygen atoms in total. The summed E-state index contributed by atoms with van der Waals surface area (Å²) in [5.74, 6) is 1.45. The van der Waals surface area contributed by atoms with Gasteiger partial charge in [-0.05, 0) is 68.4 Å². The molecule has 0 amide bonds. The molecule has 0 radical (unpaired) electrons. The molecule has 0 saturated carbocycles. The fourth-order valence-corrected chi connectivity index (χ4v) is 8.54. The molecular formula is C53H38N6. The second kappa shape index (κ2) is 14.6. The molecule has 2 atom stereocenters. The Hall–Kier alpha value is -7.83. The first-order chi connectivity index (χ1) is 29.2. The van der Waals surface area contributed by atoms with Crippen molar-refractivity contribution in [3.8, 4) is 22.3 Å². The first-order valence-corrected chi connectivity index (χ1v) is 20.0. The molecule has 2 N–H and O–H groups in total. The third kappa shape index (κ3) is 6.28. The third-order valence-electron chi connectivity index (χ3n) is 11.4. The topological polar surface area (TPSA) is 64.9 Å². The Morgan fingerprint density at radius 3 is 1.75 bits per heavy atom. The Morgan fingerprint density at radius 2 is 1.00 bits per heavy atom. The van der Waals surface area contributed by atoms with Crippen LogP contribution in [0.5, 0.6) is 0 Å². The smallest absolute Gasteiger partial charge is 0.159 e. The zero-order valence-corrected chi connectivity index (χ0v) is 32.1. The van der Waals surface area contributed by atoms with Gasteiger partial charge >= 0.3 is 0 Å². The molecule has 0 bridgehead atoms. The number of fused-ring (bicyclic) bond motifs is 6. The summed E-state index contributed by atoms with van der Waals surface area (Å²) < 4.78 is 0. The fraction of sp³-hybridized carbons (Fsp3) is 0.0377. The molecule has 0 aliphatic carbocycles. The molecule has 11 rings (SSSR count). The largest absolute Gasteiger partial charge is 0.359 e. The molecule has 0 fully saturated rings. The second-order valence-electron chi connectivity index (χ2n) is 15.0. The summed E-state index contributed by atoms with van der Waals surface area (Å²) in [4.78, 5) is 16.8. The molecule has 280 valence electrons. The van der Waals surface area contributed by atoms with Crippen LogP contribution in [-0.2, 0) is 0 Å². The van der Waals surface area contributed by atoms with Gasteiger partial charge in [0.2, 0.25) is 0 Å². The maximum absolute atomic E-state index is 5.11. The van der Waals surface area contributed by atoms with Gasteiger partial charge in [0.25, 0.3) is 0 Å². The van der Waals surface area contributed by atoms with Crippen LogP contribution in [0.25, 0.3) is 43.8 Å². The molecule has 3 heterocycles. The number of benzene rings is 8. The second-order valence-corrected chi connectivity index (χ2v) is 15.0. The number of nitrogens with zero attached hydrogens (tertiary/aromatic N) is 4. The van der Waals surface area contributed by atoms with E-state index in [1.54, 1.807) is 12.4 Å². The zero-order chi connectivity index (χ0) is 39.1. The van der Waals surface area contributed by atoms with Gasteiger partial charge in [-0.15, -0.1) is 0 Å². The third-order valence-corrected chi connectivity index (χ3v) is 11.4.